The molecule has 29 heavy (non-hydrogen) atoms. The monoisotopic (exact) mass is 389 g/mol. The molecule has 148 valence electrons. The molecule has 0 radical (unpaired) electrons. The van der Waals surface area contributed by atoms with Crippen LogP contribution in [-0.4, -0.2) is 21.8 Å². The average molecular weight is 389 g/mol. The molecule has 0 fully saturated rings. The smallest absolute Gasteiger partial charge is 0.274 e. The van der Waals surface area contributed by atoms with Crippen molar-refractivity contribution in [2.45, 2.75) is 26.7 Å². The third-order valence-electron chi connectivity index (χ3n) is 4.21. The molecule has 0 aliphatic carbocycles. The Morgan fingerprint density at radius 2 is 1.41 bits per heavy atom. The Bertz CT molecular complexity index is 998. The Kier molecular flexibility index (Phi) is 6.19. The van der Waals surface area contributed by atoms with E-state index in [0.29, 0.717) is 23.1 Å². The minimum Gasteiger partial charge on any atom is -0.340 e. The Labute approximate surface area is 169 Å². The van der Waals surface area contributed by atoms with E-state index >= 15 is 0 Å². The van der Waals surface area contributed by atoms with Crippen LogP contribution in [0.15, 0.2) is 60.9 Å². The minimum absolute atomic E-state index is 0.129. The highest BCUT2D eigenvalue weighted by Gasteiger charge is 2.10. The molecule has 0 aliphatic rings. The highest BCUT2D eigenvalue weighted by molar-refractivity contribution is 6.03. The first-order valence-electron chi connectivity index (χ1n) is 9.29. The lowest BCUT2D eigenvalue weighted by Gasteiger charge is -2.10. The summed E-state index contributed by atoms with van der Waals surface area (Å²) in [5, 5.41) is 8.67. The summed E-state index contributed by atoms with van der Waals surface area (Å²) < 4.78 is 0. The van der Waals surface area contributed by atoms with Crippen LogP contribution in [0.5, 0.6) is 0 Å². The molecule has 0 saturated carbocycles. The lowest BCUT2D eigenvalue weighted by atomic mass is 10.0. The number of carbonyl (C=O) groups is 2. The summed E-state index contributed by atoms with van der Waals surface area (Å²) in [7, 11) is 0. The zero-order valence-electron chi connectivity index (χ0n) is 16.6. The van der Waals surface area contributed by atoms with Crippen molar-refractivity contribution in [2.24, 2.45) is 0 Å². The number of aromatic nitrogens is 2. The summed E-state index contributed by atoms with van der Waals surface area (Å²) in [6, 6.07) is 16.5. The van der Waals surface area contributed by atoms with Gasteiger partial charge in [-0.1, -0.05) is 26.0 Å². The van der Waals surface area contributed by atoms with E-state index < -0.39 is 0 Å². The quantitative estimate of drug-likeness (QED) is 0.575. The van der Waals surface area contributed by atoms with E-state index in [2.05, 4.69) is 39.8 Å². The van der Waals surface area contributed by atoms with Gasteiger partial charge in [0.1, 0.15) is 17.8 Å². The Hall–Kier alpha value is -3.74. The van der Waals surface area contributed by atoms with Gasteiger partial charge in [0.05, 0.1) is 0 Å². The zero-order valence-corrected chi connectivity index (χ0v) is 16.6. The maximum Gasteiger partial charge on any atom is 0.274 e. The van der Waals surface area contributed by atoms with Gasteiger partial charge >= 0.3 is 0 Å². The van der Waals surface area contributed by atoms with Gasteiger partial charge in [-0.2, -0.15) is 0 Å². The SMILES string of the molecule is CC(=O)Nc1ccc(Nc2cc(C(=O)Nc3ccc(C(C)C)cc3)ncn2)cc1. The standard InChI is InChI=1S/C22H23N5O2/c1-14(2)16-4-6-19(7-5-16)27-22(29)20-12-21(24-13-23-20)26-18-10-8-17(9-11-18)25-15(3)28/h4-14H,1-3H3,(H,25,28)(H,27,29)(H,23,24,26). The van der Waals surface area contributed by atoms with Crippen LogP contribution >= 0.6 is 0 Å². The van der Waals surface area contributed by atoms with Crippen molar-refractivity contribution in [1.29, 1.82) is 0 Å². The molecule has 0 unspecified atom stereocenters. The van der Waals surface area contributed by atoms with Gasteiger partial charge in [0.15, 0.2) is 0 Å². The van der Waals surface area contributed by atoms with Crippen molar-refractivity contribution in [3.8, 4) is 0 Å². The second-order valence-electron chi connectivity index (χ2n) is 6.90. The number of carbonyl (C=O) groups excluding carboxylic acids is 2. The fourth-order valence-electron chi connectivity index (χ4n) is 2.68. The molecule has 3 aromatic rings. The first-order chi connectivity index (χ1) is 13.9. The highest BCUT2D eigenvalue weighted by Crippen LogP contribution is 2.19. The fourth-order valence-corrected chi connectivity index (χ4v) is 2.68. The maximum atomic E-state index is 12.5. The number of nitrogens with zero attached hydrogens (tertiary/aromatic N) is 2. The van der Waals surface area contributed by atoms with Crippen molar-refractivity contribution in [3.63, 3.8) is 0 Å². The number of rotatable bonds is 6. The molecule has 0 bridgehead atoms. The second kappa shape index (κ2) is 8.97. The van der Waals surface area contributed by atoms with Gasteiger partial charge in [0.2, 0.25) is 5.91 Å². The van der Waals surface area contributed by atoms with Crippen molar-refractivity contribution in [3.05, 3.63) is 72.2 Å². The lowest BCUT2D eigenvalue weighted by Crippen LogP contribution is -2.14. The molecule has 7 nitrogen and oxygen atoms in total. The molecule has 7 heteroatoms. The molecular weight excluding hydrogens is 366 g/mol. The molecule has 2 amide bonds. The number of hydrogen-bond acceptors (Lipinski definition) is 5. The maximum absolute atomic E-state index is 12.5. The van der Waals surface area contributed by atoms with Crippen LogP contribution in [0.25, 0.3) is 0 Å². The van der Waals surface area contributed by atoms with E-state index in [1.54, 1.807) is 18.2 Å². The summed E-state index contributed by atoms with van der Waals surface area (Å²) >= 11 is 0. The molecule has 2 aromatic carbocycles. The second-order valence-corrected chi connectivity index (χ2v) is 6.90. The fraction of sp³-hybridized carbons (Fsp3) is 0.182. The van der Waals surface area contributed by atoms with E-state index in [1.807, 2.05) is 36.4 Å². The summed E-state index contributed by atoms with van der Waals surface area (Å²) in [6.45, 7) is 5.70. The third-order valence-corrected chi connectivity index (χ3v) is 4.21. The van der Waals surface area contributed by atoms with Crippen LogP contribution in [0.4, 0.5) is 22.9 Å². The number of benzene rings is 2. The van der Waals surface area contributed by atoms with Crippen LogP contribution < -0.4 is 16.0 Å². The van der Waals surface area contributed by atoms with Gasteiger partial charge < -0.3 is 16.0 Å². The predicted octanol–water partition coefficient (Wildman–Crippen LogP) is 4.55. The minimum atomic E-state index is -0.311. The van der Waals surface area contributed by atoms with Crippen molar-refractivity contribution in [1.82, 2.24) is 9.97 Å². The van der Waals surface area contributed by atoms with E-state index in [0.717, 1.165) is 5.69 Å². The molecule has 3 rings (SSSR count). The lowest BCUT2D eigenvalue weighted by molar-refractivity contribution is -0.114. The molecule has 1 aromatic heterocycles. The third kappa shape index (κ3) is 5.62. The number of hydrogen-bond donors (Lipinski definition) is 3. The topological polar surface area (TPSA) is 96.0 Å². The van der Waals surface area contributed by atoms with Crippen molar-refractivity contribution < 1.29 is 9.59 Å². The Morgan fingerprint density at radius 3 is 2.03 bits per heavy atom. The van der Waals surface area contributed by atoms with Gasteiger partial charge in [0, 0.05) is 30.1 Å². The number of nitrogens with one attached hydrogen (secondary N) is 3. The number of amides is 2. The Balaban J connectivity index is 1.66. The van der Waals surface area contributed by atoms with Crippen molar-refractivity contribution in [2.75, 3.05) is 16.0 Å². The van der Waals surface area contributed by atoms with Crippen LogP contribution in [0, 0.1) is 0 Å². The first kappa shape index (κ1) is 20.0. The van der Waals surface area contributed by atoms with E-state index in [4.69, 9.17) is 0 Å². The first-order valence-corrected chi connectivity index (χ1v) is 9.29. The van der Waals surface area contributed by atoms with Crippen LogP contribution in [0.2, 0.25) is 0 Å². The van der Waals surface area contributed by atoms with Crippen LogP contribution in [0.1, 0.15) is 42.7 Å². The van der Waals surface area contributed by atoms with Crippen LogP contribution in [0.3, 0.4) is 0 Å². The van der Waals surface area contributed by atoms with E-state index in [1.165, 1.54) is 18.8 Å². The van der Waals surface area contributed by atoms with E-state index in [9.17, 15) is 9.59 Å². The summed E-state index contributed by atoms with van der Waals surface area (Å²) in [4.78, 5) is 31.8. The van der Waals surface area contributed by atoms with Crippen LogP contribution in [-0.2, 0) is 4.79 Å². The molecule has 1 heterocycles. The Morgan fingerprint density at radius 1 is 0.828 bits per heavy atom. The summed E-state index contributed by atoms with van der Waals surface area (Å²) in [5.41, 5.74) is 3.65. The molecule has 0 saturated heterocycles. The molecule has 3 N–H and O–H groups in total. The molecule has 0 spiro atoms. The highest BCUT2D eigenvalue weighted by atomic mass is 16.2. The van der Waals surface area contributed by atoms with E-state index in [-0.39, 0.29) is 17.5 Å². The average Bonchev–Trinajstić information content (AvgIpc) is 2.70. The normalized spacial score (nSPS) is 10.5. The van der Waals surface area contributed by atoms with Gasteiger partial charge in [0.25, 0.3) is 5.91 Å². The van der Waals surface area contributed by atoms with Gasteiger partial charge in [-0.25, -0.2) is 9.97 Å². The summed E-state index contributed by atoms with van der Waals surface area (Å²) in [5.74, 6) is 0.486. The van der Waals surface area contributed by atoms with Gasteiger partial charge in [-0.15, -0.1) is 0 Å². The molecule has 0 aliphatic heterocycles. The largest absolute Gasteiger partial charge is 0.340 e. The molecular formula is C22H23N5O2. The molecule has 0 atom stereocenters. The van der Waals surface area contributed by atoms with Gasteiger partial charge in [-0.05, 0) is 47.9 Å². The van der Waals surface area contributed by atoms with Crippen molar-refractivity contribution >= 4 is 34.7 Å². The van der Waals surface area contributed by atoms with Gasteiger partial charge in [-0.3, -0.25) is 9.59 Å². The predicted molar refractivity (Wildman–Crippen MR) is 115 cm³/mol. The zero-order chi connectivity index (χ0) is 20.8. The summed E-state index contributed by atoms with van der Waals surface area (Å²) in [6.07, 6.45) is 1.34. The number of anilines is 4.